The van der Waals surface area contributed by atoms with Gasteiger partial charge in [0.05, 0.1) is 6.54 Å². The molecule has 0 aromatic heterocycles. The highest BCUT2D eigenvalue weighted by Crippen LogP contribution is 2.23. The Hall–Kier alpha value is -0.960. The lowest BCUT2D eigenvalue weighted by molar-refractivity contribution is -0.131. The minimum atomic E-state index is 0. The van der Waals surface area contributed by atoms with E-state index < -0.39 is 0 Å². The summed E-state index contributed by atoms with van der Waals surface area (Å²) in [6.45, 7) is 10.3. The molecule has 0 spiro atoms. The largest absolute Gasteiger partial charge is 0.357 e. The monoisotopic (exact) mass is 504 g/mol. The smallest absolute Gasteiger partial charge is 0.223 e. The molecule has 0 fully saturated rings. The van der Waals surface area contributed by atoms with E-state index in [1.54, 1.807) is 0 Å². The number of hydrogen-bond donors (Lipinski definition) is 2. The van der Waals surface area contributed by atoms with E-state index in [4.69, 9.17) is 0 Å². The average Bonchev–Trinajstić information content (AvgIpc) is 3.07. The van der Waals surface area contributed by atoms with E-state index in [1.807, 2.05) is 28.8 Å². The average molecular weight is 504 g/mol. The number of aliphatic imine (C=N–C) groups is 1. The summed E-state index contributed by atoms with van der Waals surface area (Å²) >= 11 is 1.82. The number of carbonyl (C=O) groups excluding carboxylic acids is 1. The third-order valence-corrected chi connectivity index (χ3v) is 5.80. The number of nitrogens with zero attached hydrogens (tertiary/aromatic N) is 2. The van der Waals surface area contributed by atoms with Crippen LogP contribution in [0.4, 0.5) is 0 Å². The molecule has 1 heterocycles. The number of amides is 1. The Labute approximate surface area is 185 Å². The normalized spacial score (nSPS) is 13.8. The van der Waals surface area contributed by atoms with Crippen molar-refractivity contribution in [3.63, 3.8) is 0 Å². The van der Waals surface area contributed by atoms with Crippen LogP contribution < -0.4 is 10.6 Å². The molecule has 0 radical (unpaired) electrons. The highest BCUT2D eigenvalue weighted by Gasteiger charge is 2.22. The number of benzene rings is 1. The lowest BCUT2D eigenvalue weighted by atomic mass is 10.1. The van der Waals surface area contributed by atoms with Crippen LogP contribution in [0.5, 0.6) is 0 Å². The number of hydrogen-bond acceptors (Lipinski definition) is 3. The standard InChI is InChI=1S/C20H32N4OS.HI/c1-5-21-19(23-15-20(2,3)26-4)22-12-8-11-18(25)24-13-16-9-6-7-10-17(16)14-24;/h6-7,9-10H,5,8,11-15H2,1-4H3,(H2,21,22,23);1H. The van der Waals surface area contributed by atoms with E-state index in [1.165, 1.54) is 11.1 Å². The van der Waals surface area contributed by atoms with Gasteiger partial charge in [-0.15, -0.1) is 24.0 Å². The Morgan fingerprint density at radius 2 is 1.85 bits per heavy atom. The second kappa shape index (κ2) is 11.8. The Kier molecular flexibility index (Phi) is 10.5. The molecule has 1 aliphatic rings. The van der Waals surface area contributed by atoms with Gasteiger partial charge in [-0.2, -0.15) is 11.8 Å². The molecule has 0 atom stereocenters. The second-order valence-electron chi connectivity index (χ2n) is 7.21. The van der Waals surface area contributed by atoms with Gasteiger partial charge in [0, 0.05) is 37.3 Å². The highest BCUT2D eigenvalue weighted by atomic mass is 127. The molecule has 2 rings (SSSR count). The molecule has 27 heavy (non-hydrogen) atoms. The lowest BCUT2D eigenvalue weighted by Crippen LogP contribution is -2.39. The molecule has 1 amide bonds. The Bertz CT molecular complexity index is 611. The molecule has 7 heteroatoms. The van der Waals surface area contributed by atoms with Crippen LogP contribution in [0, 0.1) is 0 Å². The van der Waals surface area contributed by atoms with Crippen molar-refractivity contribution < 1.29 is 4.79 Å². The molecule has 0 bridgehead atoms. The first-order valence-electron chi connectivity index (χ1n) is 9.37. The zero-order chi connectivity index (χ0) is 19.0. The first-order chi connectivity index (χ1) is 12.4. The predicted molar refractivity (Wildman–Crippen MR) is 127 cm³/mol. The summed E-state index contributed by atoms with van der Waals surface area (Å²) in [6.07, 6.45) is 3.48. The molecule has 0 aliphatic carbocycles. The van der Waals surface area contributed by atoms with Crippen molar-refractivity contribution in [1.82, 2.24) is 15.5 Å². The van der Waals surface area contributed by atoms with E-state index in [2.05, 4.69) is 54.8 Å². The molecule has 1 aromatic carbocycles. The maximum absolute atomic E-state index is 12.4. The minimum Gasteiger partial charge on any atom is -0.357 e. The van der Waals surface area contributed by atoms with Gasteiger partial charge in [0.15, 0.2) is 5.96 Å². The predicted octanol–water partition coefficient (Wildman–Crippen LogP) is 3.62. The molecule has 2 N–H and O–H groups in total. The number of nitrogens with one attached hydrogen (secondary N) is 2. The van der Waals surface area contributed by atoms with Crippen molar-refractivity contribution in [2.75, 3.05) is 25.9 Å². The van der Waals surface area contributed by atoms with Gasteiger partial charge in [-0.25, -0.2) is 0 Å². The van der Waals surface area contributed by atoms with E-state index in [9.17, 15) is 4.79 Å². The van der Waals surface area contributed by atoms with Crippen molar-refractivity contribution in [1.29, 1.82) is 0 Å². The summed E-state index contributed by atoms with van der Waals surface area (Å²) in [5.41, 5.74) is 2.55. The summed E-state index contributed by atoms with van der Waals surface area (Å²) in [5.74, 6) is 1.06. The first-order valence-corrected chi connectivity index (χ1v) is 10.6. The molecule has 0 saturated heterocycles. The van der Waals surface area contributed by atoms with Gasteiger partial charge in [-0.3, -0.25) is 9.79 Å². The molecule has 1 aliphatic heterocycles. The number of guanidine groups is 1. The SMILES string of the molecule is CCNC(=NCC(C)(C)SC)NCCCC(=O)N1Cc2ccccc2C1.I. The minimum absolute atomic E-state index is 0. The fourth-order valence-electron chi connectivity index (χ4n) is 2.79. The molecule has 0 unspecified atom stereocenters. The van der Waals surface area contributed by atoms with Crippen LogP contribution in [0.25, 0.3) is 0 Å². The molecular formula is C20H33IN4OS. The van der Waals surface area contributed by atoms with Gasteiger partial charge in [0.25, 0.3) is 0 Å². The Morgan fingerprint density at radius 3 is 2.41 bits per heavy atom. The fraction of sp³-hybridized carbons (Fsp3) is 0.600. The Morgan fingerprint density at radius 1 is 1.22 bits per heavy atom. The zero-order valence-corrected chi connectivity index (χ0v) is 20.0. The summed E-state index contributed by atoms with van der Waals surface area (Å²) < 4.78 is 0.128. The first kappa shape index (κ1) is 24.1. The summed E-state index contributed by atoms with van der Waals surface area (Å²) in [6, 6.07) is 8.30. The van der Waals surface area contributed by atoms with Crippen LogP contribution in [-0.4, -0.2) is 47.4 Å². The van der Waals surface area contributed by atoms with Crippen LogP contribution >= 0.6 is 35.7 Å². The molecule has 5 nitrogen and oxygen atoms in total. The topological polar surface area (TPSA) is 56.7 Å². The molecule has 0 saturated carbocycles. The maximum Gasteiger partial charge on any atom is 0.223 e. The van der Waals surface area contributed by atoms with Crippen LogP contribution in [-0.2, 0) is 17.9 Å². The summed E-state index contributed by atoms with van der Waals surface area (Å²) in [4.78, 5) is 19.0. The van der Waals surface area contributed by atoms with Crippen molar-refractivity contribution in [2.24, 2.45) is 4.99 Å². The van der Waals surface area contributed by atoms with Gasteiger partial charge in [0.2, 0.25) is 5.91 Å². The van der Waals surface area contributed by atoms with Crippen LogP contribution in [0.2, 0.25) is 0 Å². The van der Waals surface area contributed by atoms with E-state index in [0.717, 1.165) is 45.1 Å². The zero-order valence-electron chi connectivity index (χ0n) is 16.9. The van der Waals surface area contributed by atoms with Gasteiger partial charge in [-0.05, 0) is 44.6 Å². The Balaban J connectivity index is 0.00000364. The van der Waals surface area contributed by atoms with Gasteiger partial charge in [-0.1, -0.05) is 24.3 Å². The molecule has 152 valence electrons. The van der Waals surface area contributed by atoms with Gasteiger partial charge in [0.1, 0.15) is 0 Å². The number of halogens is 1. The quantitative estimate of drug-likeness (QED) is 0.246. The van der Waals surface area contributed by atoms with E-state index in [-0.39, 0.29) is 34.6 Å². The fourth-order valence-corrected chi connectivity index (χ4v) is 2.98. The summed E-state index contributed by atoms with van der Waals surface area (Å²) in [5, 5.41) is 6.61. The summed E-state index contributed by atoms with van der Waals surface area (Å²) in [7, 11) is 0. The number of thioether (sulfide) groups is 1. The lowest BCUT2D eigenvalue weighted by Gasteiger charge is -2.20. The molecule has 1 aromatic rings. The number of fused-ring (bicyclic) bond motifs is 1. The maximum atomic E-state index is 12.4. The van der Waals surface area contributed by atoms with Crippen LogP contribution in [0.15, 0.2) is 29.3 Å². The van der Waals surface area contributed by atoms with Gasteiger partial charge >= 0.3 is 0 Å². The van der Waals surface area contributed by atoms with Crippen molar-refractivity contribution in [3.05, 3.63) is 35.4 Å². The van der Waals surface area contributed by atoms with E-state index >= 15 is 0 Å². The van der Waals surface area contributed by atoms with E-state index in [0.29, 0.717) is 6.42 Å². The van der Waals surface area contributed by atoms with Gasteiger partial charge < -0.3 is 15.5 Å². The van der Waals surface area contributed by atoms with Crippen molar-refractivity contribution in [2.45, 2.75) is 51.4 Å². The highest BCUT2D eigenvalue weighted by molar-refractivity contribution is 14.0. The third-order valence-electron chi connectivity index (χ3n) is 4.57. The third kappa shape index (κ3) is 7.89. The van der Waals surface area contributed by atoms with Crippen LogP contribution in [0.1, 0.15) is 44.7 Å². The number of rotatable bonds is 8. The second-order valence-corrected chi connectivity index (χ2v) is 8.72. The van der Waals surface area contributed by atoms with Crippen LogP contribution in [0.3, 0.4) is 0 Å². The molecular weight excluding hydrogens is 471 g/mol. The van der Waals surface area contributed by atoms with Crippen molar-refractivity contribution >= 4 is 47.6 Å². The van der Waals surface area contributed by atoms with Crippen molar-refractivity contribution in [3.8, 4) is 0 Å². The number of carbonyl (C=O) groups is 1.